The zero-order chi connectivity index (χ0) is 15.8. The Bertz CT molecular complexity index is 708. The lowest BCUT2D eigenvalue weighted by Crippen LogP contribution is -2.43. The van der Waals surface area contributed by atoms with Gasteiger partial charge in [-0.1, -0.05) is 37.5 Å². The zero-order valence-corrected chi connectivity index (χ0v) is 14.0. The standard InChI is InChI=1S/C20H26N2O/c1-2-21-14-18(17-10-6-7-11-19(17)21)20(23)22(16-12-13-16)15-8-4-3-5-9-15/h6-7,10-11,14-16H,2-5,8-9,12-13H2,1H3. The number of hydrogen-bond donors (Lipinski definition) is 0. The van der Waals surface area contributed by atoms with E-state index in [9.17, 15) is 4.79 Å². The molecular weight excluding hydrogens is 284 g/mol. The van der Waals surface area contributed by atoms with Gasteiger partial charge in [0.05, 0.1) is 5.56 Å². The first kappa shape index (κ1) is 14.8. The van der Waals surface area contributed by atoms with Crippen LogP contribution in [0.1, 0.15) is 62.2 Å². The third kappa shape index (κ3) is 2.66. The topological polar surface area (TPSA) is 25.2 Å². The summed E-state index contributed by atoms with van der Waals surface area (Å²) in [5.74, 6) is 0.266. The van der Waals surface area contributed by atoms with E-state index in [-0.39, 0.29) is 5.91 Å². The second-order valence-corrected chi connectivity index (χ2v) is 7.08. The van der Waals surface area contributed by atoms with Crippen LogP contribution in [0, 0.1) is 0 Å². The molecule has 0 bridgehead atoms. The fraction of sp³-hybridized carbons (Fsp3) is 0.550. The van der Waals surface area contributed by atoms with Gasteiger partial charge >= 0.3 is 0 Å². The molecule has 2 aromatic rings. The number of fused-ring (bicyclic) bond motifs is 1. The number of rotatable bonds is 4. The monoisotopic (exact) mass is 310 g/mol. The molecule has 0 spiro atoms. The lowest BCUT2D eigenvalue weighted by Gasteiger charge is -2.34. The molecule has 1 amide bonds. The zero-order valence-electron chi connectivity index (χ0n) is 14.0. The Balaban J connectivity index is 1.72. The van der Waals surface area contributed by atoms with Crippen molar-refractivity contribution in [3.05, 3.63) is 36.0 Å². The molecular formula is C20H26N2O. The van der Waals surface area contributed by atoms with Gasteiger partial charge in [0.15, 0.2) is 0 Å². The summed E-state index contributed by atoms with van der Waals surface area (Å²) in [5, 5.41) is 1.11. The molecule has 4 rings (SSSR count). The summed E-state index contributed by atoms with van der Waals surface area (Å²) in [6.45, 7) is 3.04. The Morgan fingerprint density at radius 3 is 2.48 bits per heavy atom. The van der Waals surface area contributed by atoms with Gasteiger partial charge in [0.2, 0.25) is 0 Å². The molecule has 3 heteroatoms. The highest BCUT2D eigenvalue weighted by molar-refractivity contribution is 6.07. The molecule has 1 aromatic heterocycles. The van der Waals surface area contributed by atoms with E-state index in [1.54, 1.807) is 0 Å². The van der Waals surface area contributed by atoms with Crippen LogP contribution in [0.5, 0.6) is 0 Å². The third-order valence-corrected chi connectivity index (χ3v) is 5.50. The molecule has 0 aliphatic heterocycles. The first-order valence-electron chi connectivity index (χ1n) is 9.20. The predicted molar refractivity (Wildman–Crippen MR) is 93.7 cm³/mol. The van der Waals surface area contributed by atoms with Crippen molar-refractivity contribution < 1.29 is 4.79 Å². The fourth-order valence-corrected chi connectivity index (χ4v) is 4.16. The molecule has 0 unspecified atom stereocenters. The molecule has 0 atom stereocenters. The van der Waals surface area contributed by atoms with E-state index in [1.807, 2.05) is 6.07 Å². The maximum Gasteiger partial charge on any atom is 0.256 e. The number of carbonyl (C=O) groups excluding carboxylic acids is 1. The van der Waals surface area contributed by atoms with Gasteiger partial charge in [-0.15, -0.1) is 0 Å². The Hall–Kier alpha value is -1.77. The van der Waals surface area contributed by atoms with E-state index in [0.29, 0.717) is 12.1 Å². The van der Waals surface area contributed by atoms with Crippen molar-refractivity contribution >= 4 is 16.8 Å². The van der Waals surface area contributed by atoms with E-state index in [1.165, 1.54) is 50.5 Å². The Morgan fingerprint density at radius 1 is 1.09 bits per heavy atom. The van der Waals surface area contributed by atoms with E-state index < -0.39 is 0 Å². The summed E-state index contributed by atoms with van der Waals surface area (Å²) in [6, 6.07) is 9.28. The lowest BCUT2D eigenvalue weighted by atomic mass is 9.93. The van der Waals surface area contributed by atoms with Gasteiger partial charge in [-0.2, -0.15) is 0 Å². The Kier molecular flexibility index (Phi) is 3.88. The normalized spacial score (nSPS) is 19.2. The number of carbonyl (C=O) groups is 1. The summed E-state index contributed by atoms with van der Waals surface area (Å²) in [4.78, 5) is 15.6. The van der Waals surface area contributed by atoms with E-state index >= 15 is 0 Å². The number of hydrogen-bond acceptors (Lipinski definition) is 1. The molecule has 2 saturated carbocycles. The van der Waals surface area contributed by atoms with Crippen LogP contribution in [0.3, 0.4) is 0 Å². The van der Waals surface area contributed by atoms with Crippen molar-refractivity contribution in [2.45, 2.75) is 70.5 Å². The van der Waals surface area contributed by atoms with Gasteiger partial charge in [0.1, 0.15) is 0 Å². The van der Waals surface area contributed by atoms with Crippen molar-refractivity contribution in [1.29, 1.82) is 0 Å². The molecule has 1 heterocycles. The maximum atomic E-state index is 13.4. The second-order valence-electron chi connectivity index (χ2n) is 7.08. The van der Waals surface area contributed by atoms with Crippen molar-refractivity contribution in [1.82, 2.24) is 9.47 Å². The quantitative estimate of drug-likeness (QED) is 0.810. The molecule has 2 fully saturated rings. The second kappa shape index (κ2) is 6.03. The van der Waals surface area contributed by atoms with Crippen LogP contribution in [-0.4, -0.2) is 27.5 Å². The maximum absolute atomic E-state index is 13.4. The lowest BCUT2D eigenvalue weighted by molar-refractivity contribution is 0.0616. The molecule has 122 valence electrons. The van der Waals surface area contributed by atoms with Gasteiger partial charge in [0, 0.05) is 35.7 Å². The first-order valence-corrected chi connectivity index (χ1v) is 9.20. The summed E-state index contributed by atoms with van der Waals surface area (Å²) in [5.41, 5.74) is 2.08. The molecule has 2 aliphatic carbocycles. The number of benzene rings is 1. The SMILES string of the molecule is CCn1cc(C(=O)N(C2CCCCC2)C2CC2)c2ccccc21. The Labute approximate surface area is 138 Å². The minimum Gasteiger partial charge on any atom is -0.347 e. The molecule has 0 saturated heterocycles. The Morgan fingerprint density at radius 2 is 1.78 bits per heavy atom. The molecule has 23 heavy (non-hydrogen) atoms. The molecule has 1 aromatic carbocycles. The molecule has 3 nitrogen and oxygen atoms in total. The van der Waals surface area contributed by atoms with Crippen molar-refractivity contribution in [3.8, 4) is 0 Å². The largest absolute Gasteiger partial charge is 0.347 e. The smallest absolute Gasteiger partial charge is 0.256 e. The summed E-state index contributed by atoms with van der Waals surface area (Å²) in [6.07, 6.45) is 10.7. The van der Waals surface area contributed by atoms with Crippen LogP contribution in [0.15, 0.2) is 30.5 Å². The van der Waals surface area contributed by atoms with Crippen molar-refractivity contribution in [2.75, 3.05) is 0 Å². The molecule has 0 N–H and O–H groups in total. The average Bonchev–Trinajstić information content (AvgIpc) is 3.35. The molecule has 2 aliphatic rings. The van der Waals surface area contributed by atoms with Gasteiger partial charge in [0.25, 0.3) is 5.91 Å². The van der Waals surface area contributed by atoms with Gasteiger partial charge in [-0.05, 0) is 38.7 Å². The van der Waals surface area contributed by atoms with E-state index in [4.69, 9.17) is 0 Å². The summed E-state index contributed by atoms with van der Waals surface area (Å²) in [7, 11) is 0. The van der Waals surface area contributed by atoms with Crippen LogP contribution in [0.25, 0.3) is 10.9 Å². The van der Waals surface area contributed by atoms with Crippen LogP contribution < -0.4 is 0 Å². The van der Waals surface area contributed by atoms with Crippen LogP contribution >= 0.6 is 0 Å². The number of aryl methyl sites for hydroxylation is 1. The van der Waals surface area contributed by atoms with Crippen LogP contribution in [0.4, 0.5) is 0 Å². The van der Waals surface area contributed by atoms with Crippen LogP contribution in [0.2, 0.25) is 0 Å². The average molecular weight is 310 g/mol. The number of aromatic nitrogens is 1. The highest BCUT2D eigenvalue weighted by Crippen LogP contribution is 2.36. The highest BCUT2D eigenvalue weighted by Gasteiger charge is 2.38. The summed E-state index contributed by atoms with van der Waals surface area (Å²) < 4.78 is 2.20. The van der Waals surface area contributed by atoms with Gasteiger partial charge in [-0.3, -0.25) is 4.79 Å². The highest BCUT2D eigenvalue weighted by atomic mass is 16.2. The fourth-order valence-electron chi connectivity index (χ4n) is 4.16. The predicted octanol–water partition coefficient (Wildman–Crippen LogP) is 4.60. The van der Waals surface area contributed by atoms with Gasteiger partial charge in [-0.25, -0.2) is 0 Å². The number of nitrogens with zero attached hydrogens (tertiary/aromatic N) is 2. The van der Waals surface area contributed by atoms with E-state index in [2.05, 4.69) is 40.8 Å². The number of amides is 1. The minimum atomic E-state index is 0.266. The number of para-hydroxylation sites is 1. The van der Waals surface area contributed by atoms with E-state index in [0.717, 1.165) is 17.5 Å². The van der Waals surface area contributed by atoms with Gasteiger partial charge < -0.3 is 9.47 Å². The van der Waals surface area contributed by atoms with Crippen molar-refractivity contribution in [3.63, 3.8) is 0 Å². The molecule has 0 radical (unpaired) electrons. The summed E-state index contributed by atoms with van der Waals surface area (Å²) >= 11 is 0. The van der Waals surface area contributed by atoms with Crippen molar-refractivity contribution in [2.24, 2.45) is 0 Å². The minimum absolute atomic E-state index is 0.266. The van der Waals surface area contributed by atoms with Crippen LogP contribution in [-0.2, 0) is 6.54 Å². The third-order valence-electron chi connectivity index (χ3n) is 5.50. The first-order chi connectivity index (χ1) is 11.3.